The van der Waals surface area contributed by atoms with E-state index in [9.17, 15) is 9.59 Å². The first-order valence-electron chi connectivity index (χ1n) is 9.45. The predicted molar refractivity (Wildman–Crippen MR) is 104 cm³/mol. The molecule has 1 unspecified atom stereocenters. The molecular weight excluding hydrogens is 344 g/mol. The van der Waals surface area contributed by atoms with Crippen LogP contribution >= 0.6 is 0 Å². The van der Waals surface area contributed by atoms with Crippen LogP contribution in [0.15, 0.2) is 39.9 Å². The second-order valence-electron chi connectivity index (χ2n) is 8.48. The molecule has 0 aliphatic carbocycles. The van der Waals surface area contributed by atoms with Crippen molar-refractivity contribution in [3.63, 3.8) is 0 Å². The zero-order chi connectivity index (χ0) is 19.4. The Morgan fingerprint density at radius 3 is 2.67 bits per heavy atom. The van der Waals surface area contributed by atoms with Crippen LogP contribution in [0, 0.1) is 0 Å². The van der Waals surface area contributed by atoms with E-state index < -0.39 is 16.9 Å². The summed E-state index contributed by atoms with van der Waals surface area (Å²) in [5.41, 5.74) is 1.86. The van der Waals surface area contributed by atoms with Crippen molar-refractivity contribution in [3.8, 4) is 0 Å². The van der Waals surface area contributed by atoms with E-state index >= 15 is 0 Å². The van der Waals surface area contributed by atoms with E-state index in [-0.39, 0.29) is 11.5 Å². The Morgan fingerprint density at radius 1 is 1.19 bits per heavy atom. The summed E-state index contributed by atoms with van der Waals surface area (Å²) in [5, 5.41) is 0. The molecule has 0 spiro atoms. The van der Waals surface area contributed by atoms with Gasteiger partial charge in [0.25, 0.3) is 0 Å². The van der Waals surface area contributed by atoms with Crippen LogP contribution in [0.3, 0.4) is 0 Å². The third-order valence-electron chi connectivity index (χ3n) is 5.61. The van der Waals surface area contributed by atoms with Crippen LogP contribution in [0.1, 0.15) is 39.7 Å². The number of para-hydroxylation sites is 1. The monoisotopic (exact) mass is 370 g/mol. The van der Waals surface area contributed by atoms with E-state index in [0.29, 0.717) is 19.7 Å². The summed E-state index contributed by atoms with van der Waals surface area (Å²) >= 11 is 0. The van der Waals surface area contributed by atoms with Crippen LogP contribution in [0.25, 0.3) is 11.0 Å². The fourth-order valence-electron chi connectivity index (χ4n) is 4.07. The van der Waals surface area contributed by atoms with Crippen molar-refractivity contribution in [2.75, 3.05) is 6.61 Å². The molecule has 0 saturated carbocycles. The van der Waals surface area contributed by atoms with E-state index in [4.69, 9.17) is 9.47 Å². The molecule has 1 aromatic heterocycles. The lowest BCUT2D eigenvalue weighted by Crippen LogP contribution is -2.44. The van der Waals surface area contributed by atoms with Crippen molar-refractivity contribution in [1.82, 2.24) is 9.13 Å². The highest BCUT2D eigenvalue weighted by atomic mass is 16.7. The van der Waals surface area contributed by atoms with Gasteiger partial charge >= 0.3 is 11.1 Å². The molecule has 1 saturated heterocycles. The van der Waals surface area contributed by atoms with Gasteiger partial charge in [-0.15, -0.1) is 0 Å². The number of ether oxygens (including phenoxy) is 2. The maximum atomic E-state index is 12.7. The van der Waals surface area contributed by atoms with Crippen molar-refractivity contribution in [3.05, 3.63) is 56.6 Å². The number of benzene rings is 1. The van der Waals surface area contributed by atoms with E-state index in [0.717, 1.165) is 23.0 Å². The van der Waals surface area contributed by atoms with Crippen LogP contribution in [0.4, 0.5) is 0 Å². The normalized spacial score (nSPS) is 23.3. The number of aryl methyl sites for hydroxylation is 1. The minimum atomic E-state index is -0.587. The molecule has 3 heterocycles. The van der Waals surface area contributed by atoms with Gasteiger partial charge in [0.15, 0.2) is 5.79 Å². The Kier molecular flexibility index (Phi) is 4.16. The Balaban J connectivity index is 1.77. The fourth-order valence-corrected chi connectivity index (χ4v) is 4.07. The van der Waals surface area contributed by atoms with Gasteiger partial charge in [-0.2, -0.15) is 0 Å². The molecular formula is C21H26N2O4. The molecule has 1 aromatic carbocycles. The van der Waals surface area contributed by atoms with Gasteiger partial charge in [-0.3, -0.25) is 14.2 Å². The Labute approximate surface area is 158 Å². The molecule has 6 heteroatoms. The van der Waals surface area contributed by atoms with E-state index in [1.807, 2.05) is 38.1 Å². The average Bonchev–Trinajstić information content (AvgIpc) is 2.96. The molecule has 0 radical (unpaired) electrons. The highest BCUT2D eigenvalue weighted by Crippen LogP contribution is 2.36. The minimum absolute atomic E-state index is 0.0232. The van der Waals surface area contributed by atoms with E-state index in [1.54, 1.807) is 9.13 Å². The topological polar surface area (TPSA) is 62.5 Å². The van der Waals surface area contributed by atoms with Crippen molar-refractivity contribution in [2.24, 2.45) is 0 Å². The van der Waals surface area contributed by atoms with Crippen molar-refractivity contribution >= 4 is 11.0 Å². The first-order valence-corrected chi connectivity index (χ1v) is 9.45. The first-order chi connectivity index (χ1) is 12.7. The minimum Gasteiger partial charge on any atom is -0.347 e. The largest absolute Gasteiger partial charge is 0.347 e. The molecule has 0 bridgehead atoms. The van der Waals surface area contributed by atoms with Crippen LogP contribution in [0.5, 0.6) is 0 Å². The number of nitrogens with zero attached hydrogens (tertiary/aromatic N) is 2. The Bertz CT molecular complexity index is 1040. The van der Waals surface area contributed by atoms with Crippen molar-refractivity contribution in [1.29, 1.82) is 0 Å². The zero-order valence-electron chi connectivity index (χ0n) is 16.3. The second-order valence-corrected chi connectivity index (χ2v) is 8.48. The summed E-state index contributed by atoms with van der Waals surface area (Å²) in [6.45, 7) is 9.51. The third kappa shape index (κ3) is 3.07. The second kappa shape index (κ2) is 6.17. The predicted octanol–water partition coefficient (Wildman–Crippen LogP) is 2.55. The lowest BCUT2D eigenvalue weighted by molar-refractivity contribution is -0.133. The highest BCUT2D eigenvalue weighted by Gasteiger charge is 2.32. The molecule has 1 fully saturated rings. The first kappa shape index (κ1) is 18.2. The van der Waals surface area contributed by atoms with Crippen LogP contribution in [-0.4, -0.2) is 27.6 Å². The molecule has 0 amide bonds. The van der Waals surface area contributed by atoms with Gasteiger partial charge in [-0.05, 0) is 37.3 Å². The maximum Gasteiger partial charge on any atom is 0.317 e. The summed E-state index contributed by atoms with van der Waals surface area (Å²) in [5.74, 6) is -0.587. The number of hydrogen-bond acceptors (Lipinski definition) is 4. The van der Waals surface area contributed by atoms with Gasteiger partial charge in [-0.25, -0.2) is 0 Å². The quantitative estimate of drug-likeness (QED) is 0.615. The average molecular weight is 370 g/mol. The molecule has 2 aliphatic rings. The van der Waals surface area contributed by atoms with Gasteiger partial charge in [0, 0.05) is 13.1 Å². The SMILES string of the molecule is CC1(C)OCC(C=CCn2c(=O)c(=O)n3c4c(cccc42)C(C)(C)CC3)O1. The highest BCUT2D eigenvalue weighted by molar-refractivity contribution is 5.81. The molecule has 0 N–H and O–H groups in total. The van der Waals surface area contributed by atoms with Crippen LogP contribution in [-0.2, 0) is 28.0 Å². The Morgan fingerprint density at radius 2 is 1.96 bits per heavy atom. The molecule has 2 aliphatic heterocycles. The van der Waals surface area contributed by atoms with Gasteiger partial charge < -0.3 is 14.0 Å². The summed E-state index contributed by atoms with van der Waals surface area (Å²) < 4.78 is 14.5. The third-order valence-corrected chi connectivity index (χ3v) is 5.61. The summed E-state index contributed by atoms with van der Waals surface area (Å²) in [6, 6.07) is 5.95. The zero-order valence-corrected chi connectivity index (χ0v) is 16.3. The Hall–Kier alpha value is -2.18. The lowest BCUT2D eigenvalue weighted by atomic mass is 9.78. The van der Waals surface area contributed by atoms with Gasteiger partial charge in [0.2, 0.25) is 0 Å². The smallest absolute Gasteiger partial charge is 0.317 e. The molecule has 27 heavy (non-hydrogen) atoms. The summed E-state index contributed by atoms with van der Waals surface area (Å²) in [7, 11) is 0. The van der Waals surface area contributed by atoms with E-state index in [2.05, 4.69) is 19.9 Å². The van der Waals surface area contributed by atoms with Crippen LogP contribution < -0.4 is 11.1 Å². The number of rotatable bonds is 3. The fraction of sp³-hybridized carbons (Fsp3) is 0.524. The lowest BCUT2D eigenvalue weighted by Gasteiger charge is -2.33. The maximum absolute atomic E-state index is 12.7. The number of aromatic nitrogens is 2. The summed E-state index contributed by atoms with van der Waals surface area (Å²) in [4.78, 5) is 25.4. The van der Waals surface area contributed by atoms with E-state index in [1.165, 1.54) is 0 Å². The molecule has 1 atom stereocenters. The number of allylic oxidation sites excluding steroid dienone is 1. The molecule has 2 aromatic rings. The number of hydrogen-bond donors (Lipinski definition) is 0. The molecule has 6 nitrogen and oxygen atoms in total. The standard InChI is InChI=1S/C21H26N2O4/c1-20(2)10-12-23-17-15(20)8-5-9-16(17)22(18(24)19(23)25)11-6-7-14-13-26-21(3,4)27-14/h5-9,14H,10-13H2,1-4H3. The van der Waals surface area contributed by atoms with Gasteiger partial charge in [0.1, 0.15) is 6.10 Å². The van der Waals surface area contributed by atoms with Gasteiger partial charge in [0.05, 0.1) is 17.6 Å². The summed E-state index contributed by atoms with van der Waals surface area (Å²) in [6.07, 6.45) is 4.48. The van der Waals surface area contributed by atoms with Crippen LogP contribution in [0.2, 0.25) is 0 Å². The molecule has 4 rings (SSSR count). The van der Waals surface area contributed by atoms with Crippen molar-refractivity contribution in [2.45, 2.75) is 64.5 Å². The van der Waals surface area contributed by atoms with Gasteiger partial charge in [-0.1, -0.05) is 38.1 Å². The van der Waals surface area contributed by atoms with Crippen molar-refractivity contribution < 1.29 is 9.47 Å². The molecule has 144 valence electrons.